The number of amides is 1. The molecule has 0 saturated heterocycles. The lowest BCUT2D eigenvalue weighted by Crippen LogP contribution is -2.43. The summed E-state index contributed by atoms with van der Waals surface area (Å²) in [7, 11) is 1.97. The molecule has 0 aromatic heterocycles. The van der Waals surface area contributed by atoms with Crippen LogP contribution < -0.4 is 15.0 Å². The fraction of sp³-hybridized carbons (Fsp3) is 0.316. The van der Waals surface area contributed by atoms with Crippen LogP contribution in [-0.4, -0.2) is 25.6 Å². The van der Waals surface area contributed by atoms with Gasteiger partial charge in [0.1, 0.15) is 12.4 Å². The summed E-state index contributed by atoms with van der Waals surface area (Å²) in [4.78, 5) is 14.3. The molecule has 0 fully saturated rings. The third kappa shape index (κ3) is 3.82. The Kier molecular flexibility index (Phi) is 4.95. The maximum atomic E-state index is 12.3. The second-order valence-electron chi connectivity index (χ2n) is 6.15. The molecule has 1 aliphatic heterocycles. The normalized spacial score (nSPS) is 16.3. The number of hydrogen-bond acceptors (Lipinski definition) is 3. The molecule has 3 rings (SSSR count). The summed E-state index contributed by atoms with van der Waals surface area (Å²) in [6, 6.07) is 13.7. The molecular weight excluding hydrogens is 324 g/mol. The van der Waals surface area contributed by atoms with Crippen molar-refractivity contribution in [1.29, 1.82) is 0 Å². The van der Waals surface area contributed by atoms with Crippen LogP contribution in [0.15, 0.2) is 42.5 Å². The van der Waals surface area contributed by atoms with Gasteiger partial charge in [-0.15, -0.1) is 0 Å². The summed E-state index contributed by atoms with van der Waals surface area (Å²) in [5.41, 5.74) is 3.23. The van der Waals surface area contributed by atoms with Crippen LogP contribution in [0.25, 0.3) is 0 Å². The maximum Gasteiger partial charge on any atom is 0.222 e. The zero-order valence-electron chi connectivity index (χ0n) is 13.9. The highest BCUT2D eigenvalue weighted by Gasteiger charge is 2.26. The number of fused-ring (bicyclic) bond motifs is 1. The molecule has 1 atom stereocenters. The molecule has 0 bridgehead atoms. The van der Waals surface area contributed by atoms with E-state index >= 15 is 0 Å². The lowest BCUT2D eigenvalue weighted by atomic mass is 10.1. The van der Waals surface area contributed by atoms with Crippen molar-refractivity contribution in [2.45, 2.75) is 25.9 Å². The quantitative estimate of drug-likeness (QED) is 0.922. The molecule has 1 heterocycles. The molecule has 5 heteroatoms. The number of carbonyl (C=O) groups is 1. The smallest absolute Gasteiger partial charge is 0.222 e. The third-order valence-electron chi connectivity index (χ3n) is 4.31. The number of aryl methyl sites for hydroxylation is 1. The van der Waals surface area contributed by atoms with Gasteiger partial charge in [-0.25, -0.2) is 0 Å². The summed E-state index contributed by atoms with van der Waals surface area (Å²) in [6.45, 7) is 3.08. The summed E-state index contributed by atoms with van der Waals surface area (Å²) >= 11 is 6.06. The Morgan fingerprint density at radius 1 is 1.29 bits per heavy atom. The van der Waals surface area contributed by atoms with Gasteiger partial charge in [0.05, 0.1) is 18.2 Å². The molecule has 4 nitrogen and oxygen atoms in total. The van der Waals surface area contributed by atoms with E-state index in [1.807, 2.05) is 56.4 Å². The van der Waals surface area contributed by atoms with E-state index in [2.05, 4.69) is 10.2 Å². The fourth-order valence-corrected chi connectivity index (χ4v) is 2.94. The predicted molar refractivity (Wildman–Crippen MR) is 96.8 cm³/mol. The summed E-state index contributed by atoms with van der Waals surface area (Å²) < 4.78 is 5.76. The van der Waals surface area contributed by atoms with Gasteiger partial charge in [-0.3, -0.25) is 4.79 Å². The van der Waals surface area contributed by atoms with Crippen LogP contribution in [-0.2, 0) is 11.3 Å². The minimum absolute atomic E-state index is 0.00557. The first-order valence-electron chi connectivity index (χ1n) is 8.00. The lowest BCUT2D eigenvalue weighted by molar-refractivity contribution is -0.121. The Morgan fingerprint density at radius 2 is 2.04 bits per heavy atom. The molecule has 0 radical (unpaired) electrons. The van der Waals surface area contributed by atoms with Gasteiger partial charge in [0.15, 0.2) is 0 Å². The second kappa shape index (κ2) is 7.14. The van der Waals surface area contributed by atoms with Crippen molar-refractivity contribution in [3.05, 3.63) is 58.6 Å². The van der Waals surface area contributed by atoms with Gasteiger partial charge in [-0.2, -0.15) is 0 Å². The van der Waals surface area contributed by atoms with Gasteiger partial charge in [0.25, 0.3) is 0 Å². The monoisotopic (exact) mass is 344 g/mol. The average Bonchev–Trinajstić information content (AvgIpc) is 2.57. The van der Waals surface area contributed by atoms with E-state index < -0.39 is 0 Å². The van der Waals surface area contributed by atoms with Crippen molar-refractivity contribution in [3.63, 3.8) is 0 Å². The highest BCUT2D eigenvalue weighted by molar-refractivity contribution is 6.31. The number of rotatable bonds is 4. The first-order valence-corrected chi connectivity index (χ1v) is 8.38. The van der Waals surface area contributed by atoms with E-state index in [0.717, 1.165) is 17.0 Å². The molecule has 1 aliphatic rings. The second-order valence-corrected chi connectivity index (χ2v) is 6.59. The number of likely N-dealkylation sites (N-methyl/N-ethyl adjacent to an activating group) is 1. The Labute approximate surface area is 147 Å². The summed E-state index contributed by atoms with van der Waals surface area (Å²) in [5, 5.41) is 3.64. The Morgan fingerprint density at radius 3 is 2.79 bits per heavy atom. The van der Waals surface area contributed by atoms with Crippen LogP contribution in [0.4, 0.5) is 5.69 Å². The highest BCUT2D eigenvalue weighted by Crippen LogP contribution is 2.35. The van der Waals surface area contributed by atoms with Gasteiger partial charge in [-0.05, 0) is 30.7 Å². The van der Waals surface area contributed by atoms with Crippen LogP contribution in [0.5, 0.6) is 5.75 Å². The van der Waals surface area contributed by atoms with Crippen LogP contribution in [0.3, 0.4) is 0 Å². The summed E-state index contributed by atoms with van der Waals surface area (Å²) in [6.07, 6.45) is 0.383. The lowest BCUT2D eigenvalue weighted by Gasteiger charge is -2.35. The predicted octanol–water partition coefficient (Wildman–Crippen LogP) is 3.55. The first kappa shape index (κ1) is 16.7. The highest BCUT2D eigenvalue weighted by atomic mass is 35.5. The number of anilines is 1. The van der Waals surface area contributed by atoms with Crippen molar-refractivity contribution >= 4 is 23.2 Å². The molecular formula is C19H21ClN2O2. The number of halogens is 1. The SMILES string of the molecule is Cc1ccc(CNC(=O)C[C@H]2COc3ccc(Cl)cc3N2C)cc1. The van der Waals surface area contributed by atoms with Gasteiger partial charge in [0.2, 0.25) is 5.91 Å². The molecule has 1 N–H and O–H groups in total. The maximum absolute atomic E-state index is 12.3. The van der Waals surface area contributed by atoms with E-state index in [4.69, 9.17) is 16.3 Å². The Hall–Kier alpha value is -2.20. The largest absolute Gasteiger partial charge is 0.489 e. The average molecular weight is 345 g/mol. The van der Waals surface area contributed by atoms with E-state index in [-0.39, 0.29) is 11.9 Å². The molecule has 0 unspecified atom stereocenters. The number of ether oxygens (including phenoxy) is 1. The number of nitrogens with one attached hydrogen (secondary N) is 1. The van der Waals surface area contributed by atoms with Crippen LogP contribution in [0.2, 0.25) is 5.02 Å². The Bertz CT molecular complexity index is 731. The van der Waals surface area contributed by atoms with E-state index in [0.29, 0.717) is 24.6 Å². The van der Waals surface area contributed by atoms with Crippen molar-refractivity contribution in [2.24, 2.45) is 0 Å². The number of benzene rings is 2. The van der Waals surface area contributed by atoms with Crippen molar-refractivity contribution in [1.82, 2.24) is 5.32 Å². The van der Waals surface area contributed by atoms with E-state index in [1.165, 1.54) is 5.56 Å². The molecule has 2 aromatic carbocycles. The third-order valence-corrected chi connectivity index (χ3v) is 4.55. The van der Waals surface area contributed by atoms with Crippen LogP contribution in [0, 0.1) is 6.92 Å². The standard InChI is InChI=1S/C19H21ClN2O2/c1-13-3-5-14(6-4-13)11-21-19(23)10-16-12-24-18-8-7-15(20)9-17(18)22(16)2/h3-9,16H,10-12H2,1-2H3,(H,21,23)/t16-/m0/s1. The van der Waals surface area contributed by atoms with Crippen molar-refractivity contribution < 1.29 is 9.53 Å². The molecule has 2 aromatic rings. The van der Waals surface area contributed by atoms with Crippen LogP contribution in [0.1, 0.15) is 17.5 Å². The molecule has 24 heavy (non-hydrogen) atoms. The minimum atomic E-state index is -0.00557. The zero-order valence-corrected chi connectivity index (χ0v) is 14.6. The van der Waals surface area contributed by atoms with Gasteiger partial charge in [0, 0.05) is 18.6 Å². The molecule has 0 spiro atoms. The fourth-order valence-electron chi connectivity index (χ4n) is 2.77. The first-order chi connectivity index (χ1) is 11.5. The molecule has 1 amide bonds. The molecule has 0 aliphatic carbocycles. The van der Waals surface area contributed by atoms with Crippen molar-refractivity contribution in [2.75, 3.05) is 18.6 Å². The zero-order chi connectivity index (χ0) is 17.1. The molecule has 126 valence electrons. The Balaban J connectivity index is 1.57. The van der Waals surface area contributed by atoms with E-state index in [1.54, 1.807) is 0 Å². The number of hydrogen-bond donors (Lipinski definition) is 1. The topological polar surface area (TPSA) is 41.6 Å². The van der Waals surface area contributed by atoms with Gasteiger partial charge in [-0.1, -0.05) is 41.4 Å². The van der Waals surface area contributed by atoms with Gasteiger partial charge >= 0.3 is 0 Å². The van der Waals surface area contributed by atoms with Crippen molar-refractivity contribution in [3.8, 4) is 5.75 Å². The van der Waals surface area contributed by atoms with E-state index in [9.17, 15) is 4.79 Å². The number of carbonyl (C=O) groups excluding carboxylic acids is 1. The van der Waals surface area contributed by atoms with Gasteiger partial charge < -0.3 is 15.0 Å². The molecule has 0 saturated carbocycles. The minimum Gasteiger partial charge on any atom is -0.489 e. The van der Waals surface area contributed by atoms with Crippen LogP contribution >= 0.6 is 11.6 Å². The number of nitrogens with zero attached hydrogens (tertiary/aromatic N) is 1. The summed E-state index contributed by atoms with van der Waals surface area (Å²) in [5.74, 6) is 0.819.